The van der Waals surface area contributed by atoms with Gasteiger partial charge in [0.25, 0.3) is 0 Å². The molecule has 1 atom stereocenters. The number of nitrogens with zero attached hydrogens (tertiary/aromatic N) is 4. The zero-order valence-electron chi connectivity index (χ0n) is 14.9. The van der Waals surface area contributed by atoms with Gasteiger partial charge in [-0.15, -0.1) is 10.2 Å². The van der Waals surface area contributed by atoms with Gasteiger partial charge in [0.05, 0.1) is 17.5 Å². The third-order valence-corrected chi connectivity index (χ3v) is 6.92. The van der Waals surface area contributed by atoms with E-state index in [2.05, 4.69) is 14.8 Å². The standard InChI is InChI=1S/C18H20N4O3S2/c1-13-19-20-18(21(13)15-7-8-15)26-11-17(23)22(14-5-3-2-4-6-14)16-9-10-27(24,25)12-16/h2-6,9-10,15-16H,7-8,11-12H2,1H3/t16-/m0/s1. The number of rotatable bonds is 6. The smallest absolute Gasteiger partial charge is 0.238 e. The van der Waals surface area contributed by atoms with Crippen LogP contribution in [0, 0.1) is 6.92 Å². The Kier molecular flexibility index (Phi) is 4.81. The van der Waals surface area contributed by atoms with Crippen LogP contribution < -0.4 is 4.90 Å². The molecule has 0 radical (unpaired) electrons. The molecule has 1 aromatic heterocycles. The SMILES string of the molecule is Cc1nnc(SCC(=O)N(c2ccccc2)[C@H]2C=CS(=O)(=O)C2)n1C1CC1. The molecule has 142 valence electrons. The lowest BCUT2D eigenvalue weighted by Crippen LogP contribution is -2.42. The lowest BCUT2D eigenvalue weighted by atomic mass is 10.2. The molecule has 0 bridgehead atoms. The quantitative estimate of drug-likeness (QED) is 0.687. The Hall–Kier alpha value is -2.13. The minimum absolute atomic E-state index is 0.0876. The van der Waals surface area contributed by atoms with E-state index < -0.39 is 15.9 Å². The molecule has 9 heteroatoms. The van der Waals surface area contributed by atoms with Crippen LogP contribution in [0.3, 0.4) is 0 Å². The molecule has 1 saturated carbocycles. The Labute approximate surface area is 162 Å². The average molecular weight is 405 g/mol. The normalized spacial score (nSPS) is 20.7. The van der Waals surface area contributed by atoms with Crippen LogP contribution in [0.2, 0.25) is 0 Å². The number of amides is 1. The number of hydrogen-bond donors (Lipinski definition) is 0. The number of benzene rings is 1. The highest BCUT2D eigenvalue weighted by atomic mass is 32.2. The third-order valence-electron chi connectivity index (χ3n) is 4.62. The summed E-state index contributed by atoms with van der Waals surface area (Å²) in [7, 11) is -3.26. The molecule has 0 N–H and O–H groups in total. The fourth-order valence-electron chi connectivity index (χ4n) is 3.23. The van der Waals surface area contributed by atoms with Gasteiger partial charge in [-0.1, -0.05) is 30.0 Å². The Balaban J connectivity index is 1.54. The average Bonchev–Trinajstić information content (AvgIpc) is 3.32. The lowest BCUT2D eigenvalue weighted by molar-refractivity contribution is -0.116. The van der Waals surface area contributed by atoms with Crippen LogP contribution in [0.15, 0.2) is 47.0 Å². The molecule has 1 fully saturated rings. The van der Waals surface area contributed by atoms with Gasteiger partial charge in [-0.05, 0) is 38.0 Å². The Bertz CT molecular complexity index is 981. The second-order valence-corrected chi connectivity index (χ2v) is 9.62. The molecule has 2 heterocycles. The Morgan fingerprint density at radius 2 is 2.00 bits per heavy atom. The highest BCUT2D eigenvalue weighted by Gasteiger charge is 2.32. The van der Waals surface area contributed by atoms with E-state index in [-0.39, 0.29) is 17.4 Å². The maximum atomic E-state index is 13.0. The largest absolute Gasteiger partial charge is 0.304 e. The monoisotopic (exact) mass is 404 g/mol. The van der Waals surface area contributed by atoms with E-state index in [0.29, 0.717) is 11.7 Å². The first kappa shape index (κ1) is 18.2. The van der Waals surface area contributed by atoms with Crippen molar-refractivity contribution < 1.29 is 13.2 Å². The summed E-state index contributed by atoms with van der Waals surface area (Å²) in [5.74, 6) is 0.790. The zero-order chi connectivity index (χ0) is 19.0. The maximum Gasteiger partial charge on any atom is 0.238 e. The number of aryl methyl sites for hydroxylation is 1. The van der Waals surface area contributed by atoms with Crippen molar-refractivity contribution in [2.75, 3.05) is 16.4 Å². The molecule has 1 aliphatic carbocycles. The highest BCUT2D eigenvalue weighted by Crippen LogP contribution is 2.38. The number of anilines is 1. The van der Waals surface area contributed by atoms with Gasteiger partial charge in [0.15, 0.2) is 15.0 Å². The minimum atomic E-state index is -3.26. The van der Waals surface area contributed by atoms with E-state index in [0.717, 1.165) is 23.8 Å². The van der Waals surface area contributed by atoms with Crippen molar-refractivity contribution in [1.82, 2.24) is 14.8 Å². The van der Waals surface area contributed by atoms with Crippen LogP contribution in [0.4, 0.5) is 5.69 Å². The van der Waals surface area contributed by atoms with Crippen molar-refractivity contribution in [3.8, 4) is 0 Å². The number of hydrogen-bond acceptors (Lipinski definition) is 6. The van der Waals surface area contributed by atoms with Gasteiger partial charge in [0.1, 0.15) is 5.82 Å². The number of carbonyl (C=O) groups is 1. The van der Waals surface area contributed by atoms with Gasteiger partial charge in [-0.25, -0.2) is 8.42 Å². The summed E-state index contributed by atoms with van der Waals surface area (Å²) < 4.78 is 25.8. The second kappa shape index (κ2) is 7.12. The zero-order valence-corrected chi connectivity index (χ0v) is 16.5. The van der Waals surface area contributed by atoms with Crippen molar-refractivity contribution in [2.24, 2.45) is 0 Å². The molecule has 27 heavy (non-hydrogen) atoms. The van der Waals surface area contributed by atoms with Crippen molar-refractivity contribution in [3.05, 3.63) is 47.6 Å². The summed E-state index contributed by atoms with van der Waals surface area (Å²) in [5.41, 5.74) is 0.690. The van der Waals surface area contributed by atoms with E-state index in [1.807, 2.05) is 37.3 Å². The fourth-order valence-corrected chi connectivity index (χ4v) is 5.41. The van der Waals surface area contributed by atoms with Gasteiger partial charge < -0.3 is 9.47 Å². The summed E-state index contributed by atoms with van der Waals surface area (Å²) in [4.78, 5) is 14.6. The topological polar surface area (TPSA) is 85.2 Å². The summed E-state index contributed by atoms with van der Waals surface area (Å²) >= 11 is 1.35. The lowest BCUT2D eigenvalue weighted by Gasteiger charge is -2.27. The first-order valence-electron chi connectivity index (χ1n) is 8.77. The summed E-state index contributed by atoms with van der Waals surface area (Å²) in [5, 5.41) is 10.3. The molecule has 0 saturated heterocycles. The highest BCUT2D eigenvalue weighted by molar-refractivity contribution is 7.99. The number of para-hydroxylation sites is 1. The Morgan fingerprint density at radius 3 is 2.63 bits per heavy atom. The summed E-state index contributed by atoms with van der Waals surface area (Å²) in [6.07, 6.45) is 3.81. The summed E-state index contributed by atoms with van der Waals surface area (Å²) in [6, 6.07) is 9.12. The molecule has 1 aliphatic heterocycles. The molecular formula is C18H20N4O3S2. The molecule has 7 nitrogen and oxygen atoms in total. The molecule has 2 aliphatic rings. The molecule has 2 aromatic rings. The van der Waals surface area contributed by atoms with E-state index in [4.69, 9.17) is 0 Å². The molecule has 0 spiro atoms. The third kappa shape index (κ3) is 3.93. The molecule has 1 amide bonds. The molecule has 4 rings (SSSR count). The van der Waals surface area contributed by atoms with E-state index in [1.54, 1.807) is 11.0 Å². The summed E-state index contributed by atoms with van der Waals surface area (Å²) in [6.45, 7) is 1.92. The molecule has 0 unspecified atom stereocenters. The second-order valence-electron chi connectivity index (χ2n) is 6.74. The van der Waals surface area contributed by atoms with E-state index >= 15 is 0 Å². The van der Waals surface area contributed by atoms with Crippen LogP contribution in [-0.4, -0.2) is 46.6 Å². The first-order valence-corrected chi connectivity index (χ1v) is 11.5. The molecular weight excluding hydrogens is 384 g/mol. The fraction of sp³-hybridized carbons (Fsp3) is 0.389. The predicted molar refractivity (Wildman–Crippen MR) is 104 cm³/mol. The van der Waals surface area contributed by atoms with Crippen LogP contribution in [0.25, 0.3) is 0 Å². The van der Waals surface area contributed by atoms with E-state index in [9.17, 15) is 13.2 Å². The number of thioether (sulfide) groups is 1. The number of sulfone groups is 1. The molecule has 1 aromatic carbocycles. The van der Waals surface area contributed by atoms with Crippen molar-refractivity contribution >= 4 is 33.2 Å². The first-order chi connectivity index (χ1) is 12.9. The van der Waals surface area contributed by atoms with Gasteiger partial charge >= 0.3 is 0 Å². The van der Waals surface area contributed by atoms with Crippen molar-refractivity contribution in [2.45, 2.75) is 37.0 Å². The number of carbonyl (C=O) groups excluding carboxylic acids is 1. The van der Waals surface area contributed by atoms with Gasteiger partial charge in [-0.3, -0.25) is 4.79 Å². The maximum absolute atomic E-state index is 13.0. The van der Waals surface area contributed by atoms with Crippen molar-refractivity contribution in [3.63, 3.8) is 0 Å². The van der Waals surface area contributed by atoms with Gasteiger partial charge in [0, 0.05) is 17.1 Å². The van der Waals surface area contributed by atoms with Gasteiger partial charge in [-0.2, -0.15) is 0 Å². The van der Waals surface area contributed by atoms with Crippen LogP contribution in [0.1, 0.15) is 24.7 Å². The van der Waals surface area contributed by atoms with Crippen LogP contribution in [0.5, 0.6) is 0 Å². The Morgan fingerprint density at radius 1 is 1.26 bits per heavy atom. The minimum Gasteiger partial charge on any atom is -0.304 e. The van der Waals surface area contributed by atoms with Crippen molar-refractivity contribution in [1.29, 1.82) is 0 Å². The number of aromatic nitrogens is 3. The predicted octanol–water partition coefficient (Wildman–Crippen LogP) is 2.36. The van der Waals surface area contributed by atoms with Crippen LogP contribution in [-0.2, 0) is 14.6 Å². The van der Waals surface area contributed by atoms with Gasteiger partial charge in [0.2, 0.25) is 5.91 Å². The van der Waals surface area contributed by atoms with E-state index in [1.165, 1.54) is 17.2 Å². The van der Waals surface area contributed by atoms with Crippen LogP contribution >= 0.6 is 11.8 Å².